The first-order valence-electron chi connectivity index (χ1n) is 5.50. The summed E-state index contributed by atoms with van der Waals surface area (Å²) in [6.45, 7) is 0.342. The highest BCUT2D eigenvalue weighted by molar-refractivity contribution is 7.71. The molecular weight excluding hydrogens is 268 g/mol. The van der Waals surface area contributed by atoms with Gasteiger partial charge in [0.25, 0.3) is 5.56 Å². The summed E-state index contributed by atoms with van der Waals surface area (Å²) in [7, 11) is 0. The first-order chi connectivity index (χ1) is 9.13. The Morgan fingerprint density at radius 1 is 1.42 bits per heavy atom. The van der Waals surface area contributed by atoms with E-state index in [4.69, 9.17) is 16.6 Å². The normalized spacial score (nSPS) is 10.1. The third-order valence-corrected chi connectivity index (χ3v) is 2.44. The highest BCUT2D eigenvalue weighted by atomic mass is 32.1. The Balaban J connectivity index is 1.83. The number of rotatable bonds is 5. The van der Waals surface area contributed by atoms with Gasteiger partial charge in [-0.15, -0.1) is 0 Å². The van der Waals surface area contributed by atoms with Crippen molar-refractivity contribution in [3.8, 4) is 0 Å². The quantitative estimate of drug-likeness (QED) is 0.605. The second-order valence-corrected chi connectivity index (χ2v) is 4.12. The van der Waals surface area contributed by atoms with Crippen LogP contribution in [0.4, 0.5) is 5.82 Å². The zero-order valence-corrected chi connectivity index (χ0v) is 10.7. The Hall–Kier alpha value is -2.35. The third-order valence-electron chi connectivity index (χ3n) is 2.24. The minimum atomic E-state index is -0.331. The Morgan fingerprint density at radius 3 is 2.95 bits per heavy atom. The summed E-state index contributed by atoms with van der Waals surface area (Å²) in [6.07, 6.45) is 1.54. The van der Waals surface area contributed by atoms with Crippen LogP contribution in [0, 0.1) is 4.77 Å². The van der Waals surface area contributed by atoms with E-state index in [1.54, 1.807) is 12.1 Å². The van der Waals surface area contributed by atoms with Crippen molar-refractivity contribution in [2.75, 3.05) is 11.9 Å². The Bertz CT molecular complexity index is 631. The molecule has 0 aliphatic rings. The lowest BCUT2D eigenvalue weighted by molar-refractivity contribution is -0.119. The second-order valence-electron chi connectivity index (χ2n) is 3.71. The number of anilines is 1. The molecule has 2 heterocycles. The van der Waals surface area contributed by atoms with E-state index in [1.807, 2.05) is 0 Å². The molecule has 0 spiro atoms. The molecule has 2 aromatic rings. The van der Waals surface area contributed by atoms with E-state index >= 15 is 0 Å². The van der Waals surface area contributed by atoms with E-state index in [2.05, 4.69) is 20.6 Å². The van der Waals surface area contributed by atoms with Crippen molar-refractivity contribution in [3.63, 3.8) is 0 Å². The monoisotopic (exact) mass is 280 g/mol. The number of amides is 1. The predicted molar refractivity (Wildman–Crippen MR) is 71.3 cm³/mol. The molecule has 0 bridgehead atoms. The molecule has 7 nitrogen and oxygen atoms in total. The van der Waals surface area contributed by atoms with E-state index in [-0.39, 0.29) is 22.8 Å². The Morgan fingerprint density at radius 2 is 2.26 bits per heavy atom. The lowest BCUT2D eigenvalue weighted by Gasteiger charge is -2.06. The number of nitrogens with one attached hydrogen (secondary N) is 4. The molecule has 0 radical (unpaired) electrons. The number of aromatic amines is 2. The molecule has 0 atom stereocenters. The number of carbonyl (C=O) groups excluding carboxylic acids is 1. The van der Waals surface area contributed by atoms with E-state index in [1.165, 1.54) is 12.3 Å². The summed E-state index contributed by atoms with van der Waals surface area (Å²) < 4.78 is 5.28. The molecule has 4 N–H and O–H groups in total. The predicted octanol–water partition coefficient (Wildman–Crippen LogP) is 0.754. The molecule has 8 heteroatoms. The molecule has 2 aromatic heterocycles. The van der Waals surface area contributed by atoms with Crippen molar-refractivity contribution in [2.45, 2.75) is 6.54 Å². The molecule has 100 valence electrons. The smallest absolute Gasteiger partial charge is 0.253 e. The van der Waals surface area contributed by atoms with E-state index < -0.39 is 0 Å². The van der Waals surface area contributed by atoms with Crippen LogP contribution in [0.3, 0.4) is 0 Å². The first-order valence-corrected chi connectivity index (χ1v) is 5.91. The fourth-order valence-corrected chi connectivity index (χ4v) is 1.61. The number of H-pyrrole nitrogens is 2. The van der Waals surface area contributed by atoms with Crippen LogP contribution in [0.5, 0.6) is 0 Å². The van der Waals surface area contributed by atoms with Gasteiger partial charge in [-0.2, -0.15) is 0 Å². The van der Waals surface area contributed by atoms with Crippen LogP contribution in [0.2, 0.25) is 0 Å². The molecule has 1 amide bonds. The number of aromatic nitrogens is 2. The second kappa shape index (κ2) is 6.01. The zero-order chi connectivity index (χ0) is 13.7. The largest absolute Gasteiger partial charge is 0.467 e. The van der Waals surface area contributed by atoms with E-state index in [0.717, 1.165) is 0 Å². The highest BCUT2D eigenvalue weighted by Crippen LogP contribution is 1.99. The van der Waals surface area contributed by atoms with Crippen LogP contribution in [-0.2, 0) is 11.3 Å². The highest BCUT2D eigenvalue weighted by Gasteiger charge is 2.03. The van der Waals surface area contributed by atoms with Crippen molar-refractivity contribution in [1.29, 1.82) is 0 Å². The molecule has 19 heavy (non-hydrogen) atoms. The van der Waals surface area contributed by atoms with Gasteiger partial charge in [-0.05, 0) is 24.4 Å². The number of furan rings is 1. The maximum atomic E-state index is 11.5. The molecule has 0 aliphatic heterocycles. The van der Waals surface area contributed by atoms with E-state index in [9.17, 15) is 9.59 Å². The van der Waals surface area contributed by atoms with Gasteiger partial charge in [0.2, 0.25) is 5.91 Å². The van der Waals surface area contributed by atoms with Crippen LogP contribution in [-0.4, -0.2) is 22.4 Å². The minimum Gasteiger partial charge on any atom is -0.467 e. The van der Waals surface area contributed by atoms with Crippen LogP contribution in [0.15, 0.2) is 33.7 Å². The standard InChI is InChI=1S/C11H12N4O3S/c16-9-4-8(14-11(19)15-9)12-6-10(17)13-5-7-2-1-3-18-7/h1-4H,5-6H2,(H,13,17)(H3,12,14,15,16,19). The Kier molecular flexibility index (Phi) is 4.14. The van der Waals surface area contributed by atoms with Crippen LogP contribution in [0.1, 0.15) is 5.76 Å². The van der Waals surface area contributed by atoms with Crippen molar-refractivity contribution in [3.05, 3.63) is 45.3 Å². The fourth-order valence-electron chi connectivity index (χ4n) is 1.40. The molecule has 0 unspecified atom stereocenters. The molecule has 2 rings (SSSR count). The molecule has 0 aromatic carbocycles. The third kappa shape index (κ3) is 4.11. The summed E-state index contributed by atoms with van der Waals surface area (Å²) in [5, 5.41) is 5.43. The summed E-state index contributed by atoms with van der Waals surface area (Å²) in [6, 6.07) is 4.80. The first kappa shape index (κ1) is 13.1. The summed E-state index contributed by atoms with van der Waals surface area (Å²) in [5.74, 6) is 0.835. The van der Waals surface area contributed by atoms with Crippen molar-refractivity contribution >= 4 is 23.9 Å². The van der Waals surface area contributed by atoms with Crippen LogP contribution >= 0.6 is 12.2 Å². The molecular formula is C11H12N4O3S. The van der Waals surface area contributed by atoms with Crippen LogP contribution in [0.25, 0.3) is 0 Å². The van der Waals surface area contributed by atoms with Crippen LogP contribution < -0.4 is 16.2 Å². The van der Waals surface area contributed by atoms with Gasteiger partial charge in [-0.1, -0.05) is 0 Å². The summed E-state index contributed by atoms with van der Waals surface area (Å²) in [4.78, 5) is 27.8. The van der Waals surface area contributed by atoms with Gasteiger partial charge in [-0.3, -0.25) is 14.6 Å². The zero-order valence-electron chi connectivity index (χ0n) is 9.86. The molecule has 0 saturated heterocycles. The van der Waals surface area contributed by atoms with Crippen molar-refractivity contribution in [2.24, 2.45) is 0 Å². The fraction of sp³-hybridized carbons (Fsp3) is 0.182. The van der Waals surface area contributed by atoms with Crippen molar-refractivity contribution < 1.29 is 9.21 Å². The SMILES string of the molecule is O=C(CNc1cc(=O)[nH]c(=S)[nH]1)NCc1ccco1. The summed E-state index contributed by atoms with van der Waals surface area (Å²) >= 11 is 4.81. The minimum absolute atomic E-state index is 0.0232. The van der Waals surface area contributed by atoms with Gasteiger partial charge >= 0.3 is 0 Å². The number of hydrogen-bond donors (Lipinski definition) is 4. The lowest BCUT2D eigenvalue weighted by Crippen LogP contribution is -2.29. The van der Waals surface area contributed by atoms with Gasteiger partial charge in [0.1, 0.15) is 11.6 Å². The van der Waals surface area contributed by atoms with Gasteiger partial charge in [0.05, 0.1) is 19.4 Å². The maximum Gasteiger partial charge on any atom is 0.253 e. The van der Waals surface area contributed by atoms with Gasteiger partial charge in [0, 0.05) is 6.07 Å². The average Bonchev–Trinajstić information content (AvgIpc) is 2.86. The van der Waals surface area contributed by atoms with E-state index in [0.29, 0.717) is 18.1 Å². The number of hydrogen-bond acceptors (Lipinski definition) is 5. The molecule has 0 aliphatic carbocycles. The summed E-state index contributed by atoms with van der Waals surface area (Å²) in [5.41, 5.74) is -0.331. The average molecular weight is 280 g/mol. The van der Waals surface area contributed by atoms with Gasteiger partial charge in [-0.25, -0.2) is 0 Å². The molecule has 0 saturated carbocycles. The molecule has 0 fully saturated rings. The lowest BCUT2D eigenvalue weighted by atomic mass is 10.4. The maximum absolute atomic E-state index is 11.5. The van der Waals surface area contributed by atoms with Gasteiger partial charge < -0.3 is 20.0 Å². The van der Waals surface area contributed by atoms with Crippen molar-refractivity contribution in [1.82, 2.24) is 15.3 Å². The number of carbonyl (C=O) groups is 1. The Labute approximate surface area is 113 Å². The topological polar surface area (TPSA) is 103 Å². The van der Waals surface area contributed by atoms with Gasteiger partial charge in [0.15, 0.2) is 4.77 Å².